The summed E-state index contributed by atoms with van der Waals surface area (Å²) >= 11 is 0. The first-order valence-electron chi connectivity index (χ1n) is 9.89. The number of ketones is 1. The fourth-order valence-corrected chi connectivity index (χ4v) is 4.03. The summed E-state index contributed by atoms with van der Waals surface area (Å²) in [7, 11) is 1.28. The molecule has 3 aliphatic rings. The Balaban J connectivity index is 1.72. The molecule has 1 N–H and O–H groups in total. The van der Waals surface area contributed by atoms with Gasteiger partial charge in [0, 0.05) is 24.4 Å². The third-order valence-corrected chi connectivity index (χ3v) is 5.27. The second-order valence-electron chi connectivity index (χ2n) is 8.44. The summed E-state index contributed by atoms with van der Waals surface area (Å²) in [5.74, 6) is 0.811. The van der Waals surface area contributed by atoms with E-state index in [2.05, 4.69) is 5.32 Å². The SMILES string of the molecule is COC(=O)N1C2=CC(=O)C=CC2(CCNC(=O)OC(C)(C)C)c2cc3c(cc21)OCO3. The number of amides is 2. The average Bonchev–Trinajstić information content (AvgIpc) is 3.24. The number of allylic oxidation sites excluding steroid dienone is 3. The molecule has 4 rings (SSSR count). The van der Waals surface area contributed by atoms with E-state index in [9.17, 15) is 14.4 Å². The van der Waals surface area contributed by atoms with Gasteiger partial charge in [-0.15, -0.1) is 0 Å². The van der Waals surface area contributed by atoms with Crippen molar-refractivity contribution in [1.29, 1.82) is 0 Å². The number of ether oxygens (including phenoxy) is 4. The molecule has 1 atom stereocenters. The maximum atomic E-state index is 12.7. The molecule has 0 fully saturated rings. The Morgan fingerprint density at radius 2 is 1.94 bits per heavy atom. The highest BCUT2D eigenvalue weighted by Crippen LogP contribution is 2.55. The van der Waals surface area contributed by atoms with E-state index in [1.807, 2.05) is 6.07 Å². The second kappa shape index (κ2) is 7.33. The smallest absolute Gasteiger partial charge is 0.418 e. The molecule has 0 aromatic heterocycles. The Hall–Kier alpha value is -3.49. The van der Waals surface area contributed by atoms with Crippen molar-refractivity contribution < 1.29 is 33.3 Å². The molecule has 1 unspecified atom stereocenters. The van der Waals surface area contributed by atoms with E-state index in [0.717, 1.165) is 5.56 Å². The zero-order valence-corrected chi connectivity index (χ0v) is 17.8. The Bertz CT molecular complexity index is 1020. The van der Waals surface area contributed by atoms with E-state index >= 15 is 0 Å². The van der Waals surface area contributed by atoms with Gasteiger partial charge >= 0.3 is 12.2 Å². The van der Waals surface area contributed by atoms with Gasteiger partial charge in [-0.2, -0.15) is 0 Å². The molecule has 1 aromatic carbocycles. The highest BCUT2D eigenvalue weighted by Gasteiger charge is 2.50. The highest BCUT2D eigenvalue weighted by atomic mass is 16.7. The van der Waals surface area contributed by atoms with E-state index in [1.165, 1.54) is 24.2 Å². The zero-order chi connectivity index (χ0) is 22.4. The van der Waals surface area contributed by atoms with Crippen LogP contribution in [0, 0.1) is 0 Å². The van der Waals surface area contributed by atoms with Crippen molar-refractivity contribution in [3.05, 3.63) is 41.6 Å². The molecule has 9 heteroatoms. The molecule has 9 nitrogen and oxygen atoms in total. The summed E-state index contributed by atoms with van der Waals surface area (Å²) in [6, 6.07) is 3.51. The van der Waals surface area contributed by atoms with Crippen molar-refractivity contribution in [3.8, 4) is 11.5 Å². The Morgan fingerprint density at radius 1 is 1.23 bits per heavy atom. The molecule has 1 aliphatic carbocycles. The first kappa shape index (κ1) is 20.8. The van der Waals surface area contributed by atoms with Gasteiger partial charge in [-0.3, -0.25) is 4.79 Å². The number of carbonyl (C=O) groups excluding carboxylic acids is 3. The van der Waals surface area contributed by atoms with Crippen LogP contribution in [0.1, 0.15) is 32.8 Å². The largest absolute Gasteiger partial charge is 0.454 e. The van der Waals surface area contributed by atoms with E-state index in [-0.39, 0.29) is 19.1 Å². The summed E-state index contributed by atoms with van der Waals surface area (Å²) < 4.78 is 21.3. The maximum Gasteiger partial charge on any atom is 0.418 e. The first-order chi connectivity index (χ1) is 14.6. The molecule has 0 spiro atoms. The normalized spacial score (nSPS) is 20.7. The number of rotatable bonds is 3. The number of hydrogen-bond acceptors (Lipinski definition) is 7. The quantitative estimate of drug-likeness (QED) is 0.789. The van der Waals surface area contributed by atoms with Gasteiger partial charge in [0.2, 0.25) is 6.79 Å². The molecule has 0 saturated carbocycles. The van der Waals surface area contributed by atoms with Crippen LogP contribution in [0.25, 0.3) is 0 Å². The van der Waals surface area contributed by atoms with Crippen molar-refractivity contribution in [1.82, 2.24) is 5.32 Å². The van der Waals surface area contributed by atoms with Crippen LogP contribution in [-0.2, 0) is 19.7 Å². The third kappa shape index (κ3) is 3.60. The van der Waals surface area contributed by atoms with Crippen LogP contribution in [0.15, 0.2) is 36.1 Å². The minimum atomic E-state index is -0.840. The number of alkyl carbamates (subject to hydrolysis) is 1. The van der Waals surface area contributed by atoms with Crippen LogP contribution < -0.4 is 19.7 Å². The van der Waals surface area contributed by atoms with Gasteiger partial charge in [0.1, 0.15) is 5.60 Å². The van der Waals surface area contributed by atoms with Gasteiger partial charge in [0.05, 0.1) is 18.2 Å². The van der Waals surface area contributed by atoms with Gasteiger partial charge in [-0.1, -0.05) is 6.08 Å². The third-order valence-electron chi connectivity index (χ3n) is 5.27. The van der Waals surface area contributed by atoms with Gasteiger partial charge in [-0.05, 0) is 44.9 Å². The molecular weight excluding hydrogens is 404 g/mol. The second-order valence-corrected chi connectivity index (χ2v) is 8.44. The lowest BCUT2D eigenvalue weighted by Gasteiger charge is -2.32. The van der Waals surface area contributed by atoms with Crippen LogP contribution in [0.3, 0.4) is 0 Å². The van der Waals surface area contributed by atoms with Crippen LogP contribution in [-0.4, -0.2) is 44.0 Å². The van der Waals surface area contributed by atoms with Crippen molar-refractivity contribution >= 4 is 23.7 Å². The number of benzene rings is 1. The summed E-state index contributed by atoms with van der Waals surface area (Å²) in [4.78, 5) is 38.4. The van der Waals surface area contributed by atoms with Crippen molar-refractivity contribution in [2.75, 3.05) is 25.3 Å². The Labute approximate surface area is 179 Å². The number of methoxy groups -OCH3 is 1. The number of anilines is 1. The number of fused-ring (bicyclic) bond motifs is 4. The Morgan fingerprint density at radius 3 is 2.61 bits per heavy atom. The summed E-state index contributed by atoms with van der Waals surface area (Å²) in [6.45, 7) is 5.68. The van der Waals surface area contributed by atoms with Gasteiger partial charge < -0.3 is 24.3 Å². The van der Waals surface area contributed by atoms with Crippen LogP contribution in [0.5, 0.6) is 11.5 Å². The number of carbonyl (C=O) groups is 3. The lowest BCUT2D eigenvalue weighted by atomic mass is 9.74. The van der Waals surface area contributed by atoms with Gasteiger partial charge in [0.25, 0.3) is 0 Å². The lowest BCUT2D eigenvalue weighted by molar-refractivity contribution is -0.110. The average molecular weight is 428 g/mol. The Kier molecular flexibility index (Phi) is 4.91. The topological polar surface area (TPSA) is 103 Å². The number of nitrogens with zero attached hydrogens (tertiary/aromatic N) is 1. The van der Waals surface area contributed by atoms with Crippen molar-refractivity contribution in [3.63, 3.8) is 0 Å². The minimum absolute atomic E-state index is 0.0840. The molecule has 1 aromatic rings. The fraction of sp³-hybridized carbons (Fsp3) is 0.409. The number of hydrogen-bond donors (Lipinski definition) is 1. The molecule has 2 amide bonds. The monoisotopic (exact) mass is 428 g/mol. The van der Waals surface area contributed by atoms with Crippen LogP contribution in [0.4, 0.5) is 15.3 Å². The highest BCUT2D eigenvalue weighted by molar-refractivity contribution is 6.07. The zero-order valence-electron chi connectivity index (χ0n) is 17.8. The predicted octanol–water partition coefficient (Wildman–Crippen LogP) is 3.18. The molecule has 2 heterocycles. The molecule has 0 saturated heterocycles. The van der Waals surface area contributed by atoms with Crippen LogP contribution in [0.2, 0.25) is 0 Å². The standard InChI is InChI=1S/C22H24N2O7/c1-21(2,3)31-19(26)23-8-7-22-6-5-13(25)9-18(22)24(20(27)28-4)15-11-17-16(10-14(15)22)29-12-30-17/h5-6,9-11H,7-8,12H2,1-4H3,(H,23,26). The van der Waals surface area contributed by atoms with Crippen LogP contribution >= 0.6 is 0 Å². The molecule has 31 heavy (non-hydrogen) atoms. The molecule has 0 radical (unpaired) electrons. The van der Waals surface area contributed by atoms with Gasteiger partial charge in [0.15, 0.2) is 17.3 Å². The minimum Gasteiger partial charge on any atom is -0.454 e. The number of nitrogens with one attached hydrogen (secondary N) is 1. The molecule has 2 aliphatic heterocycles. The van der Waals surface area contributed by atoms with E-state index < -0.39 is 23.2 Å². The molecule has 0 bridgehead atoms. The molecular formula is C22H24N2O7. The van der Waals surface area contributed by atoms with E-state index in [1.54, 1.807) is 32.9 Å². The molecule has 164 valence electrons. The predicted molar refractivity (Wildman–Crippen MR) is 110 cm³/mol. The first-order valence-corrected chi connectivity index (χ1v) is 9.89. The maximum absolute atomic E-state index is 12.7. The summed E-state index contributed by atoms with van der Waals surface area (Å²) in [5, 5.41) is 2.75. The van der Waals surface area contributed by atoms with E-state index in [0.29, 0.717) is 29.3 Å². The summed E-state index contributed by atoms with van der Waals surface area (Å²) in [6.07, 6.45) is 3.84. The lowest BCUT2D eigenvalue weighted by Crippen LogP contribution is -2.39. The van der Waals surface area contributed by atoms with E-state index in [4.69, 9.17) is 18.9 Å². The van der Waals surface area contributed by atoms with Crippen molar-refractivity contribution in [2.24, 2.45) is 0 Å². The fourth-order valence-electron chi connectivity index (χ4n) is 4.03. The van der Waals surface area contributed by atoms with Crippen molar-refractivity contribution in [2.45, 2.75) is 38.2 Å². The van der Waals surface area contributed by atoms with Gasteiger partial charge in [-0.25, -0.2) is 14.5 Å². The summed E-state index contributed by atoms with van der Waals surface area (Å²) in [5.41, 5.74) is 0.288.